The number of nitrogens with zero attached hydrogens (tertiary/aromatic N) is 1. The molecule has 2 aromatic carbocycles. The lowest BCUT2D eigenvalue weighted by Gasteiger charge is -2.18. The number of hydrogen-bond acceptors (Lipinski definition) is 4. The van der Waals surface area contributed by atoms with Crippen LogP contribution < -0.4 is 15.4 Å². The smallest absolute Gasteiger partial charge is 0.243 e. The Hall–Kier alpha value is -2.23. The minimum absolute atomic E-state index is 0.143. The first-order valence-electron chi connectivity index (χ1n) is 8.33. The predicted octanol–water partition coefficient (Wildman–Crippen LogP) is 3.67. The van der Waals surface area contributed by atoms with Gasteiger partial charge in [-0.1, -0.05) is 13.8 Å². The molecule has 0 aromatic heterocycles. The third kappa shape index (κ3) is 5.15. The van der Waals surface area contributed by atoms with Gasteiger partial charge in [0.05, 0.1) is 12.0 Å². The predicted molar refractivity (Wildman–Crippen MR) is 109 cm³/mol. The summed E-state index contributed by atoms with van der Waals surface area (Å²) in [5, 5.41) is 6.04. The van der Waals surface area contributed by atoms with Gasteiger partial charge in [-0.2, -0.15) is 4.31 Å². The van der Waals surface area contributed by atoms with Gasteiger partial charge in [-0.25, -0.2) is 12.8 Å². The first kappa shape index (κ1) is 21.1. The second kappa shape index (κ2) is 9.12. The Bertz CT molecular complexity index is 899. The highest BCUT2D eigenvalue weighted by atomic mass is 32.2. The molecule has 0 saturated carbocycles. The second-order valence-electron chi connectivity index (χ2n) is 5.54. The van der Waals surface area contributed by atoms with Crippen LogP contribution in [-0.4, -0.2) is 38.0 Å². The fourth-order valence-electron chi connectivity index (χ4n) is 2.46. The van der Waals surface area contributed by atoms with Gasteiger partial charge in [0, 0.05) is 30.5 Å². The number of thiocarbonyl (C=S) groups is 1. The molecule has 6 nitrogen and oxygen atoms in total. The molecule has 146 valence electrons. The molecular formula is C18H22FN3O3S2. The molecule has 0 aliphatic carbocycles. The van der Waals surface area contributed by atoms with Crippen molar-refractivity contribution in [3.8, 4) is 5.75 Å². The maximum absolute atomic E-state index is 13.7. The Morgan fingerprint density at radius 1 is 1.07 bits per heavy atom. The topological polar surface area (TPSA) is 70.7 Å². The molecule has 0 amide bonds. The second-order valence-corrected chi connectivity index (χ2v) is 7.89. The number of methoxy groups -OCH3 is 1. The van der Waals surface area contributed by atoms with Crippen LogP contribution in [0.15, 0.2) is 47.4 Å². The molecule has 2 rings (SSSR count). The third-order valence-corrected chi connectivity index (χ3v) is 6.13. The van der Waals surface area contributed by atoms with Gasteiger partial charge < -0.3 is 15.4 Å². The van der Waals surface area contributed by atoms with Crippen molar-refractivity contribution in [2.24, 2.45) is 0 Å². The van der Waals surface area contributed by atoms with E-state index >= 15 is 0 Å². The lowest BCUT2D eigenvalue weighted by Crippen LogP contribution is -2.30. The van der Waals surface area contributed by atoms with Crippen LogP contribution in [0.4, 0.5) is 15.8 Å². The first-order valence-corrected chi connectivity index (χ1v) is 10.2. The maximum Gasteiger partial charge on any atom is 0.243 e. The van der Waals surface area contributed by atoms with Gasteiger partial charge in [-0.15, -0.1) is 0 Å². The quantitative estimate of drug-likeness (QED) is 0.678. The average molecular weight is 412 g/mol. The Balaban J connectivity index is 2.06. The van der Waals surface area contributed by atoms with Crippen molar-refractivity contribution in [3.63, 3.8) is 0 Å². The van der Waals surface area contributed by atoms with Crippen LogP contribution >= 0.6 is 12.2 Å². The summed E-state index contributed by atoms with van der Waals surface area (Å²) in [5.41, 5.74) is 1.08. The Labute approximate surface area is 164 Å². The lowest BCUT2D eigenvalue weighted by molar-refractivity contribution is 0.387. The van der Waals surface area contributed by atoms with E-state index in [0.29, 0.717) is 24.5 Å². The monoisotopic (exact) mass is 411 g/mol. The molecule has 2 N–H and O–H groups in total. The van der Waals surface area contributed by atoms with E-state index < -0.39 is 15.8 Å². The van der Waals surface area contributed by atoms with Crippen molar-refractivity contribution < 1.29 is 17.5 Å². The number of halogens is 1. The highest BCUT2D eigenvalue weighted by Crippen LogP contribution is 2.21. The van der Waals surface area contributed by atoms with Crippen LogP contribution in [0.25, 0.3) is 0 Å². The van der Waals surface area contributed by atoms with Crippen molar-refractivity contribution in [3.05, 3.63) is 48.3 Å². The molecule has 0 aliphatic heterocycles. The molecule has 0 aliphatic rings. The van der Waals surface area contributed by atoms with Crippen LogP contribution in [0.1, 0.15) is 13.8 Å². The highest BCUT2D eigenvalue weighted by molar-refractivity contribution is 7.89. The van der Waals surface area contributed by atoms with Crippen LogP contribution in [0, 0.1) is 5.82 Å². The standard InChI is InChI=1S/C18H22FN3O3S2/c1-4-22(5-2)27(23,24)15-9-6-13(7-10-15)20-18(26)21-14-8-11-17(25-3)16(19)12-14/h6-12H,4-5H2,1-3H3,(H2,20,21,26). The summed E-state index contributed by atoms with van der Waals surface area (Å²) in [4.78, 5) is 0.216. The third-order valence-electron chi connectivity index (χ3n) is 3.87. The summed E-state index contributed by atoms with van der Waals surface area (Å²) >= 11 is 5.21. The van der Waals surface area contributed by atoms with Crippen LogP contribution in [-0.2, 0) is 10.0 Å². The van der Waals surface area contributed by atoms with Crippen LogP contribution in [0.3, 0.4) is 0 Å². The zero-order valence-electron chi connectivity index (χ0n) is 15.3. The fourth-order valence-corrected chi connectivity index (χ4v) is 4.15. The van der Waals surface area contributed by atoms with Crippen molar-refractivity contribution in [1.29, 1.82) is 0 Å². The van der Waals surface area contributed by atoms with Gasteiger partial charge in [0.1, 0.15) is 0 Å². The van der Waals surface area contributed by atoms with E-state index in [9.17, 15) is 12.8 Å². The summed E-state index contributed by atoms with van der Waals surface area (Å²) in [6, 6.07) is 10.7. The van der Waals surface area contributed by atoms with E-state index in [1.54, 1.807) is 32.0 Å². The summed E-state index contributed by atoms with van der Waals surface area (Å²) in [7, 11) is -2.11. The highest BCUT2D eigenvalue weighted by Gasteiger charge is 2.21. The molecular weight excluding hydrogens is 389 g/mol. The summed E-state index contributed by atoms with van der Waals surface area (Å²) < 4.78 is 44.9. The molecule has 9 heteroatoms. The van der Waals surface area contributed by atoms with Crippen molar-refractivity contribution in [2.45, 2.75) is 18.7 Å². The van der Waals surface area contributed by atoms with E-state index in [-0.39, 0.29) is 15.8 Å². The zero-order valence-corrected chi connectivity index (χ0v) is 17.0. The molecule has 2 aromatic rings. The van der Waals surface area contributed by atoms with E-state index in [1.807, 2.05) is 0 Å². The van der Waals surface area contributed by atoms with Crippen LogP contribution in [0.5, 0.6) is 5.75 Å². The van der Waals surface area contributed by atoms with Gasteiger partial charge >= 0.3 is 0 Å². The molecule has 0 radical (unpaired) electrons. The number of anilines is 2. The summed E-state index contributed by atoms with van der Waals surface area (Å²) in [5.74, 6) is -0.360. The number of hydrogen-bond donors (Lipinski definition) is 2. The average Bonchev–Trinajstić information content (AvgIpc) is 2.63. The Morgan fingerprint density at radius 3 is 2.15 bits per heavy atom. The van der Waals surface area contributed by atoms with E-state index in [1.165, 1.54) is 35.7 Å². The number of nitrogens with one attached hydrogen (secondary N) is 2. The van der Waals surface area contributed by atoms with Crippen molar-refractivity contribution in [2.75, 3.05) is 30.8 Å². The van der Waals surface area contributed by atoms with Gasteiger partial charge in [0.15, 0.2) is 16.7 Å². The van der Waals surface area contributed by atoms with Crippen LogP contribution in [0.2, 0.25) is 0 Å². The Morgan fingerprint density at radius 2 is 1.63 bits per heavy atom. The number of ether oxygens (including phenoxy) is 1. The van der Waals surface area contributed by atoms with E-state index in [0.717, 1.165) is 0 Å². The molecule has 0 heterocycles. The van der Waals surface area contributed by atoms with Gasteiger partial charge in [0.2, 0.25) is 10.0 Å². The first-order chi connectivity index (χ1) is 12.8. The fraction of sp³-hybridized carbons (Fsp3) is 0.278. The van der Waals surface area contributed by atoms with Gasteiger partial charge in [-0.05, 0) is 48.6 Å². The largest absolute Gasteiger partial charge is 0.494 e. The van der Waals surface area contributed by atoms with Crippen molar-refractivity contribution in [1.82, 2.24) is 4.31 Å². The molecule has 0 saturated heterocycles. The number of benzene rings is 2. The summed E-state index contributed by atoms with van der Waals surface area (Å²) in [6.07, 6.45) is 0. The normalized spacial score (nSPS) is 11.3. The molecule has 0 bridgehead atoms. The number of sulfonamides is 1. The van der Waals surface area contributed by atoms with Gasteiger partial charge in [-0.3, -0.25) is 0 Å². The molecule has 27 heavy (non-hydrogen) atoms. The maximum atomic E-state index is 13.7. The Kier molecular flexibility index (Phi) is 7.11. The van der Waals surface area contributed by atoms with E-state index in [2.05, 4.69) is 10.6 Å². The minimum atomic E-state index is -3.50. The van der Waals surface area contributed by atoms with Gasteiger partial charge in [0.25, 0.3) is 0 Å². The van der Waals surface area contributed by atoms with E-state index in [4.69, 9.17) is 17.0 Å². The minimum Gasteiger partial charge on any atom is -0.494 e. The molecule has 0 unspecified atom stereocenters. The SMILES string of the molecule is CCN(CC)S(=O)(=O)c1ccc(NC(=S)Nc2ccc(OC)c(F)c2)cc1. The number of rotatable bonds is 7. The lowest BCUT2D eigenvalue weighted by atomic mass is 10.3. The zero-order chi connectivity index (χ0) is 20.0. The molecule has 0 atom stereocenters. The van der Waals surface area contributed by atoms with Crippen molar-refractivity contribution >= 4 is 38.7 Å². The molecule has 0 spiro atoms. The summed E-state index contributed by atoms with van der Waals surface area (Å²) in [6.45, 7) is 4.41. The molecule has 0 fully saturated rings.